The molecule has 1 fully saturated rings. The summed E-state index contributed by atoms with van der Waals surface area (Å²) < 4.78 is 1.33. The minimum atomic E-state index is 0.507. The number of hydrogen-bond donors (Lipinski definition) is 0. The zero-order chi connectivity index (χ0) is 14.2. The summed E-state index contributed by atoms with van der Waals surface area (Å²) in [7, 11) is 0. The third kappa shape index (κ3) is 2.34. The SMILES string of the molecule is ClCc1ccc(-c2cc3nccc(C4CCC4)c3s2)nc1. The first-order chi connectivity index (χ1) is 10.3. The third-order valence-electron chi connectivity index (χ3n) is 4.22. The van der Waals surface area contributed by atoms with Gasteiger partial charge in [0, 0.05) is 18.3 Å². The molecular weight excluding hydrogens is 300 g/mol. The van der Waals surface area contributed by atoms with Crippen LogP contribution >= 0.6 is 22.9 Å². The fraction of sp³-hybridized carbons (Fsp3) is 0.294. The molecule has 0 amide bonds. The number of hydrogen-bond acceptors (Lipinski definition) is 3. The van der Waals surface area contributed by atoms with Crippen LogP contribution in [0.2, 0.25) is 0 Å². The Bertz CT molecular complexity index is 775. The summed E-state index contributed by atoms with van der Waals surface area (Å²) in [6.45, 7) is 0. The highest BCUT2D eigenvalue weighted by molar-refractivity contribution is 7.22. The van der Waals surface area contributed by atoms with Gasteiger partial charge in [-0.25, -0.2) is 0 Å². The van der Waals surface area contributed by atoms with E-state index in [9.17, 15) is 0 Å². The van der Waals surface area contributed by atoms with Gasteiger partial charge in [0.1, 0.15) is 0 Å². The van der Waals surface area contributed by atoms with E-state index in [0.717, 1.165) is 22.7 Å². The van der Waals surface area contributed by atoms with Crippen molar-refractivity contribution < 1.29 is 0 Å². The number of halogens is 1. The summed E-state index contributed by atoms with van der Waals surface area (Å²) in [6.07, 6.45) is 7.78. The fourth-order valence-electron chi connectivity index (χ4n) is 2.77. The maximum absolute atomic E-state index is 5.82. The summed E-state index contributed by atoms with van der Waals surface area (Å²) in [4.78, 5) is 10.2. The van der Waals surface area contributed by atoms with Crippen LogP contribution in [0.5, 0.6) is 0 Å². The Labute approximate surface area is 132 Å². The molecule has 3 heterocycles. The lowest BCUT2D eigenvalue weighted by Gasteiger charge is -2.25. The van der Waals surface area contributed by atoms with Crippen molar-refractivity contribution in [3.05, 3.63) is 47.8 Å². The molecule has 1 aliphatic rings. The Morgan fingerprint density at radius 2 is 2.10 bits per heavy atom. The molecule has 0 unspecified atom stereocenters. The first-order valence-electron chi connectivity index (χ1n) is 7.25. The normalized spacial score (nSPS) is 15.3. The van der Waals surface area contributed by atoms with E-state index in [1.807, 2.05) is 35.9 Å². The smallest absolute Gasteiger partial charge is 0.0819 e. The van der Waals surface area contributed by atoms with Gasteiger partial charge >= 0.3 is 0 Å². The van der Waals surface area contributed by atoms with E-state index in [2.05, 4.69) is 22.1 Å². The van der Waals surface area contributed by atoms with E-state index in [1.165, 1.54) is 34.4 Å². The first-order valence-corrected chi connectivity index (χ1v) is 8.60. The highest BCUT2D eigenvalue weighted by Gasteiger charge is 2.22. The molecule has 3 aromatic heterocycles. The maximum Gasteiger partial charge on any atom is 0.0819 e. The van der Waals surface area contributed by atoms with Gasteiger partial charge in [-0.15, -0.1) is 22.9 Å². The van der Waals surface area contributed by atoms with Crippen molar-refractivity contribution >= 4 is 33.2 Å². The Balaban J connectivity index is 1.78. The van der Waals surface area contributed by atoms with Crippen LogP contribution in [0.3, 0.4) is 0 Å². The molecule has 0 bridgehead atoms. The minimum Gasteiger partial charge on any atom is -0.255 e. The van der Waals surface area contributed by atoms with Gasteiger partial charge in [0.25, 0.3) is 0 Å². The van der Waals surface area contributed by atoms with Crippen LogP contribution in [0.1, 0.15) is 36.3 Å². The van der Waals surface area contributed by atoms with Crippen molar-refractivity contribution in [2.75, 3.05) is 0 Å². The lowest BCUT2D eigenvalue weighted by atomic mass is 9.80. The quantitative estimate of drug-likeness (QED) is 0.608. The highest BCUT2D eigenvalue weighted by atomic mass is 35.5. The van der Waals surface area contributed by atoms with Crippen molar-refractivity contribution in [3.8, 4) is 10.6 Å². The molecule has 0 radical (unpaired) electrons. The lowest BCUT2D eigenvalue weighted by Crippen LogP contribution is -2.08. The van der Waals surface area contributed by atoms with E-state index < -0.39 is 0 Å². The summed E-state index contributed by atoms with van der Waals surface area (Å²) in [5, 5.41) is 0. The van der Waals surface area contributed by atoms with Crippen LogP contribution in [0.25, 0.3) is 20.8 Å². The largest absolute Gasteiger partial charge is 0.255 e. The van der Waals surface area contributed by atoms with Gasteiger partial charge in [0.05, 0.1) is 20.8 Å². The van der Waals surface area contributed by atoms with Gasteiger partial charge in [-0.1, -0.05) is 12.5 Å². The molecular formula is C17H15ClN2S. The van der Waals surface area contributed by atoms with Crippen LogP contribution in [0.4, 0.5) is 0 Å². The Hall–Kier alpha value is -1.45. The monoisotopic (exact) mass is 314 g/mol. The van der Waals surface area contributed by atoms with E-state index in [1.54, 1.807) is 0 Å². The van der Waals surface area contributed by atoms with Crippen molar-refractivity contribution in [2.24, 2.45) is 0 Å². The molecule has 4 rings (SSSR count). The predicted octanol–water partition coefficient (Wildman–Crippen LogP) is 5.36. The number of rotatable bonds is 3. The molecule has 4 heteroatoms. The second-order valence-electron chi connectivity index (χ2n) is 5.54. The van der Waals surface area contributed by atoms with Gasteiger partial charge in [-0.05, 0) is 48.1 Å². The first kappa shape index (κ1) is 13.2. The van der Waals surface area contributed by atoms with Crippen LogP contribution < -0.4 is 0 Å². The predicted molar refractivity (Wildman–Crippen MR) is 89.0 cm³/mol. The summed E-state index contributed by atoms with van der Waals surface area (Å²) in [6, 6.07) is 8.44. The highest BCUT2D eigenvalue weighted by Crippen LogP contribution is 2.42. The fourth-order valence-corrected chi connectivity index (χ4v) is 4.12. The molecule has 3 aromatic rings. The van der Waals surface area contributed by atoms with E-state index >= 15 is 0 Å². The molecule has 0 saturated heterocycles. The van der Waals surface area contributed by atoms with Crippen LogP contribution in [-0.2, 0) is 5.88 Å². The molecule has 2 nitrogen and oxygen atoms in total. The Morgan fingerprint density at radius 1 is 1.19 bits per heavy atom. The summed E-state index contributed by atoms with van der Waals surface area (Å²) in [5.74, 6) is 1.24. The van der Waals surface area contributed by atoms with Crippen molar-refractivity contribution in [3.63, 3.8) is 0 Å². The van der Waals surface area contributed by atoms with Crippen molar-refractivity contribution in [2.45, 2.75) is 31.1 Å². The third-order valence-corrected chi connectivity index (χ3v) is 5.72. The number of nitrogens with zero attached hydrogens (tertiary/aromatic N) is 2. The minimum absolute atomic E-state index is 0.507. The van der Waals surface area contributed by atoms with Gasteiger partial charge in [-0.3, -0.25) is 9.97 Å². The molecule has 1 saturated carbocycles. The van der Waals surface area contributed by atoms with E-state index in [-0.39, 0.29) is 0 Å². The average molecular weight is 315 g/mol. The molecule has 0 spiro atoms. The Morgan fingerprint density at radius 3 is 2.76 bits per heavy atom. The zero-order valence-electron chi connectivity index (χ0n) is 11.6. The van der Waals surface area contributed by atoms with E-state index in [4.69, 9.17) is 11.6 Å². The van der Waals surface area contributed by atoms with Crippen molar-refractivity contribution in [1.82, 2.24) is 9.97 Å². The molecule has 106 valence electrons. The zero-order valence-corrected chi connectivity index (χ0v) is 13.1. The number of aromatic nitrogens is 2. The number of pyridine rings is 2. The molecule has 0 N–H and O–H groups in total. The standard InChI is InChI=1S/C17H15ClN2S/c18-9-11-4-5-14(20-10-11)16-8-15-17(21-16)13(6-7-19-15)12-2-1-3-12/h4-8,10,12H,1-3,9H2. The van der Waals surface area contributed by atoms with Gasteiger partial charge in [-0.2, -0.15) is 0 Å². The second-order valence-corrected chi connectivity index (χ2v) is 6.86. The summed E-state index contributed by atoms with van der Waals surface area (Å²) in [5.41, 5.74) is 4.63. The van der Waals surface area contributed by atoms with Gasteiger partial charge in [0.2, 0.25) is 0 Å². The number of alkyl halides is 1. The van der Waals surface area contributed by atoms with Crippen LogP contribution in [-0.4, -0.2) is 9.97 Å². The maximum atomic E-state index is 5.82. The molecule has 1 aliphatic carbocycles. The molecule has 21 heavy (non-hydrogen) atoms. The Kier molecular flexibility index (Phi) is 3.40. The lowest BCUT2D eigenvalue weighted by molar-refractivity contribution is 0.422. The van der Waals surface area contributed by atoms with E-state index in [0.29, 0.717) is 5.88 Å². The van der Waals surface area contributed by atoms with Crippen molar-refractivity contribution in [1.29, 1.82) is 0 Å². The summed E-state index contributed by atoms with van der Waals surface area (Å²) >= 11 is 7.63. The number of fused-ring (bicyclic) bond motifs is 1. The van der Waals surface area contributed by atoms with Gasteiger partial charge < -0.3 is 0 Å². The topological polar surface area (TPSA) is 25.8 Å². The average Bonchev–Trinajstić information content (AvgIpc) is 2.91. The molecule has 0 aromatic carbocycles. The van der Waals surface area contributed by atoms with Crippen LogP contribution in [0, 0.1) is 0 Å². The molecule has 0 aliphatic heterocycles. The van der Waals surface area contributed by atoms with Crippen LogP contribution in [0.15, 0.2) is 36.7 Å². The second kappa shape index (κ2) is 5.39. The van der Waals surface area contributed by atoms with Gasteiger partial charge in [0.15, 0.2) is 0 Å². The molecule has 0 atom stereocenters. The number of thiophene rings is 1.